The van der Waals surface area contributed by atoms with Crippen LogP contribution in [0, 0.1) is 0 Å². The second-order valence-corrected chi connectivity index (χ2v) is 9.95. The van der Waals surface area contributed by atoms with Crippen LogP contribution >= 0.6 is 11.6 Å². The molecule has 0 saturated carbocycles. The van der Waals surface area contributed by atoms with E-state index in [9.17, 15) is 4.79 Å². The summed E-state index contributed by atoms with van der Waals surface area (Å²) in [5, 5.41) is 0.554. The van der Waals surface area contributed by atoms with Gasteiger partial charge in [0.2, 0.25) is 0 Å². The standard InChI is InChI=1S/C29H41ClN2O4/c1-5-6-7-8-9-11-28-32(29(33)24-21-23(30)13-15-25(24)36-28)18-10-17-31(2)19-16-22-12-14-26(34-3)27(20-22)35-4/h12-15,20-21,28H,5-11,16-19H2,1-4H3. The van der Waals surface area contributed by atoms with Gasteiger partial charge in [-0.2, -0.15) is 0 Å². The highest BCUT2D eigenvalue weighted by Crippen LogP contribution is 2.32. The van der Waals surface area contributed by atoms with Crippen LogP contribution in [0.2, 0.25) is 5.02 Å². The summed E-state index contributed by atoms with van der Waals surface area (Å²) in [6.45, 7) is 4.69. The van der Waals surface area contributed by atoms with Crippen molar-refractivity contribution in [2.75, 3.05) is 40.9 Å². The van der Waals surface area contributed by atoms with E-state index in [1.54, 1.807) is 26.4 Å². The lowest BCUT2D eigenvalue weighted by atomic mass is 10.1. The lowest BCUT2D eigenvalue weighted by Crippen LogP contribution is -2.48. The molecule has 1 atom stereocenters. The summed E-state index contributed by atoms with van der Waals surface area (Å²) in [4.78, 5) is 17.6. The lowest BCUT2D eigenvalue weighted by Gasteiger charge is -2.37. The van der Waals surface area contributed by atoms with E-state index >= 15 is 0 Å². The Balaban J connectivity index is 1.54. The molecule has 0 spiro atoms. The number of hydrogen-bond acceptors (Lipinski definition) is 5. The maximum Gasteiger partial charge on any atom is 0.260 e. The van der Waals surface area contributed by atoms with E-state index in [1.807, 2.05) is 23.1 Å². The Kier molecular flexibility index (Phi) is 11.2. The number of fused-ring (bicyclic) bond motifs is 1. The molecule has 1 aliphatic rings. The molecule has 198 valence electrons. The zero-order valence-electron chi connectivity index (χ0n) is 22.2. The molecule has 2 aromatic rings. The summed E-state index contributed by atoms with van der Waals surface area (Å²) in [6.07, 6.45) is 8.36. The van der Waals surface area contributed by atoms with Crippen LogP contribution in [-0.2, 0) is 6.42 Å². The average Bonchev–Trinajstić information content (AvgIpc) is 2.89. The molecule has 6 nitrogen and oxygen atoms in total. The number of nitrogens with zero attached hydrogens (tertiary/aromatic N) is 2. The van der Waals surface area contributed by atoms with Gasteiger partial charge in [-0.1, -0.05) is 50.3 Å². The quantitative estimate of drug-likeness (QED) is 0.255. The second kappa shape index (κ2) is 14.3. The highest BCUT2D eigenvalue weighted by Gasteiger charge is 2.33. The van der Waals surface area contributed by atoms with Gasteiger partial charge in [0.05, 0.1) is 19.8 Å². The molecule has 0 fully saturated rings. The Morgan fingerprint density at radius 2 is 1.75 bits per heavy atom. The number of rotatable bonds is 15. The normalized spacial score (nSPS) is 15.1. The largest absolute Gasteiger partial charge is 0.493 e. The molecule has 1 heterocycles. The maximum atomic E-state index is 13.4. The monoisotopic (exact) mass is 516 g/mol. The van der Waals surface area contributed by atoms with Crippen molar-refractivity contribution < 1.29 is 19.0 Å². The van der Waals surface area contributed by atoms with E-state index in [2.05, 4.69) is 24.9 Å². The minimum Gasteiger partial charge on any atom is -0.493 e. The second-order valence-electron chi connectivity index (χ2n) is 9.51. The van der Waals surface area contributed by atoms with Crippen LogP contribution in [0.25, 0.3) is 0 Å². The number of halogens is 1. The van der Waals surface area contributed by atoms with Gasteiger partial charge in [-0.25, -0.2) is 0 Å². The Morgan fingerprint density at radius 3 is 2.50 bits per heavy atom. The topological polar surface area (TPSA) is 51.2 Å². The summed E-state index contributed by atoms with van der Waals surface area (Å²) in [5.74, 6) is 2.16. The number of ether oxygens (including phenoxy) is 3. The fourth-order valence-corrected chi connectivity index (χ4v) is 4.80. The number of carbonyl (C=O) groups excluding carboxylic acids is 1. The van der Waals surface area contributed by atoms with Crippen LogP contribution in [-0.4, -0.2) is 62.8 Å². The van der Waals surface area contributed by atoms with E-state index in [-0.39, 0.29) is 12.1 Å². The molecule has 0 aromatic heterocycles. The molecule has 3 rings (SSSR count). The molecule has 0 saturated heterocycles. The first-order valence-corrected chi connectivity index (χ1v) is 13.5. The maximum absolute atomic E-state index is 13.4. The number of methoxy groups -OCH3 is 2. The average molecular weight is 517 g/mol. The van der Waals surface area contributed by atoms with Crippen molar-refractivity contribution in [3.05, 3.63) is 52.5 Å². The van der Waals surface area contributed by atoms with Crippen molar-refractivity contribution in [1.82, 2.24) is 9.80 Å². The predicted octanol–water partition coefficient (Wildman–Crippen LogP) is 6.44. The number of likely N-dealkylation sites (N-methyl/N-ethyl adjacent to an activating group) is 1. The molecule has 0 N–H and O–H groups in total. The Bertz CT molecular complexity index is 984. The van der Waals surface area contributed by atoms with Gasteiger partial charge in [-0.15, -0.1) is 0 Å². The summed E-state index contributed by atoms with van der Waals surface area (Å²) >= 11 is 6.18. The molecule has 1 amide bonds. The highest BCUT2D eigenvalue weighted by molar-refractivity contribution is 6.31. The third-order valence-electron chi connectivity index (χ3n) is 6.77. The SMILES string of the molecule is CCCCCCCC1Oc2ccc(Cl)cc2C(=O)N1CCCN(C)CCc1ccc(OC)c(OC)c1. The van der Waals surface area contributed by atoms with Gasteiger partial charge >= 0.3 is 0 Å². The molecule has 36 heavy (non-hydrogen) atoms. The van der Waals surface area contributed by atoms with Gasteiger partial charge < -0.3 is 24.0 Å². The summed E-state index contributed by atoms with van der Waals surface area (Å²) in [6, 6.07) is 11.4. The van der Waals surface area contributed by atoms with Gasteiger partial charge in [0.25, 0.3) is 5.91 Å². The van der Waals surface area contributed by atoms with Gasteiger partial charge in [0.15, 0.2) is 17.7 Å². The van der Waals surface area contributed by atoms with E-state index in [4.69, 9.17) is 25.8 Å². The third-order valence-corrected chi connectivity index (χ3v) is 7.00. The fourth-order valence-electron chi connectivity index (χ4n) is 4.63. The third kappa shape index (κ3) is 7.78. The van der Waals surface area contributed by atoms with Crippen LogP contribution in [0.1, 0.15) is 67.8 Å². The first-order chi connectivity index (χ1) is 17.5. The molecule has 0 radical (unpaired) electrons. The van der Waals surface area contributed by atoms with Crippen molar-refractivity contribution in [2.45, 2.75) is 64.5 Å². The summed E-state index contributed by atoms with van der Waals surface area (Å²) in [7, 11) is 5.42. The smallest absolute Gasteiger partial charge is 0.260 e. The van der Waals surface area contributed by atoms with Crippen LogP contribution in [0.3, 0.4) is 0 Å². The molecular weight excluding hydrogens is 476 g/mol. The van der Waals surface area contributed by atoms with Crippen LogP contribution in [0.4, 0.5) is 0 Å². The van der Waals surface area contributed by atoms with E-state index < -0.39 is 0 Å². The van der Waals surface area contributed by atoms with E-state index in [0.29, 0.717) is 22.9 Å². The predicted molar refractivity (Wildman–Crippen MR) is 146 cm³/mol. The molecule has 7 heteroatoms. The van der Waals surface area contributed by atoms with E-state index in [1.165, 1.54) is 31.2 Å². The van der Waals surface area contributed by atoms with Crippen LogP contribution in [0.15, 0.2) is 36.4 Å². The van der Waals surface area contributed by atoms with Crippen molar-refractivity contribution in [2.24, 2.45) is 0 Å². The number of benzene rings is 2. The van der Waals surface area contributed by atoms with Crippen LogP contribution < -0.4 is 14.2 Å². The van der Waals surface area contributed by atoms with Gasteiger partial charge in [0.1, 0.15) is 5.75 Å². The van der Waals surface area contributed by atoms with Crippen LogP contribution in [0.5, 0.6) is 17.2 Å². The minimum atomic E-state index is -0.218. The fraction of sp³-hybridized carbons (Fsp3) is 0.552. The Hall–Kier alpha value is -2.44. The van der Waals surface area contributed by atoms with Gasteiger partial charge in [-0.3, -0.25) is 4.79 Å². The van der Waals surface area contributed by atoms with Crippen molar-refractivity contribution in [1.29, 1.82) is 0 Å². The number of hydrogen-bond donors (Lipinski definition) is 0. The highest BCUT2D eigenvalue weighted by atomic mass is 35.5. The first-order valence-electron chi connectivity index (χ1n) is 13.1. The molecule has 1 aliphatic heterocycles. The van der Waals surface area contributed by atoms with Gasteiger partial charge in [0, 0.05) is 24.5 Å². The zero-order chi connectivity index (χ0) is 25.9. The van der Waals surface area contributed by atoms with Crippen molar-refractivity contribution in [3.63, 3.8) is 0 Å². The molecular formula is C29H41ClN2O4. The number of amides is 1. The first kappa shape index (κ1) is 28.1. The summed E-state index contributed by atoms with van der Waals surface area (Å²) in [5.41, 5.74) is 1.77. The molecule has 1 unspecified atom stereocenters. The Morgan fingerprint density at radius 1 is 0.972 bits per heavy atom. The van der Waals surface area contributed by atoms with Crippen molar-refractivity contribution in [3.8, 4) is 17.2 Å². The summed E-state index contributed by atoms with van der Waals surface area (Å²) < 4.78 is 17.0. The van der Waals surface area contributed by atoms with Crippen molar-refractivity contribution >= 4 is 17.5 Å². The lowest BCUT2D eigenvalue weighted by molar-refractivity contribution is 0.00366. The zero-order valence-corrected chi connectivity index (χ0v) is 23.0. The number of unbranched alkanes of at least 4 members (excludes halogenated alkanes) is 4. The number of carbonyl (C=O) groups is 1. The molecule has 2 aromatic carbocycles. The molecule has 0 bridgehead atoms. The Labute approximate surface area is 221 Å². The van der Waals surface area contributed by atoms with E-state index in [0.717, 1.165) is 50.3 Å². The minimum absolute atomic E-state index is 0.0188. The molecule has 0 aliphatic carbocycles. The van der Waals surface area contributed by atoms with Gasteiger partial charge in [-0.05, 0) is 68.8 Å².